The first-order valence-corrected chi connectivity index (χ1v) is 10.9. The van der Waals surface area contributed by atoms with Gasteiger partial charge in [-0.1, -0.05) is 24.6 Å². The first-order chi connectivity index (χ1) is 14.0. The lowest BCUT2D eigenvalue weighted by Gasteiger charge is -2.37. The molecule has 2 aliphatic heterocycles. The van der Waals surface area contributed by atoms with Crippen LogP contribution in [0.15, 0.2) is 35.2 Å². The number of halogens is 1. The third-order valence-electron chi connectivity index (χ3n) is 6.78. The number of hydrogen-bond donors (Lipinski definition) is 2. The molecule has 0 bridgehead atoms. The van der Waals surface area contributed by atoms with Crippen LogP contribution in [0.5, 0.6) is 0 Å². The van der Waals surface area contributed by atoms with Crippen LogP contribution in [0.1, 0.15) is 55.7 Å². The summed E-state index contributed by atoms with van der Waals surface area (Å²) < 4.78 is 15.3. The normalized spacial score (nSPS) is 26.3. The number of nitrogens with one attached hydrogen (secondary N) is 2. The summed E-state index contributed by atoms with van der Waals surface area (Å²) in [5.74, 6) is 0.853. The summed E-state index contributed by atoms with van der Waals surface area (Å²) >= 11 is 0. The number of hydrogen-bond acceptors (Lipinski definition) is 3. The molecule has 0 saturated carbocycles. The number of carbonyl (C=O) groups is 1. The fourth-order valence-electron chi connectivity index (χ4n) is 5.54. The van der Waals surface area contributed by atoms with E-state index >= 15 is 4.39 Å². The lowest BCUT2D eigenvalue weighted by molar-refractivity contribution is -0.118. The predicted molar refractivity (Wildman–Crippen MR) is 114 cm³/mol. The van der Waals surface area contributed by atoms with Gasteiger partial charge in [0, 0.05) is 37.7 Å². The van der Waals surface area contributed by atoms with Gasteiger partial charge in [-0.25, -0.2) is 4.39 Å². The van der Waals surface area contributed by atoms with E-state index in [1.54, 1.807) is 6.07 Å². The molecule has 0 radical (unpaired) electrons. The van der Waals surface area contributed by atoms with Gasteiger partial charge in [0.25, 0.3) is 5.91 Å². The highest BCUT2D eigenvalue weighted by atomic mass is 19.1. The van der Waals surface area contributed by atoms with Gasteiger partial charge < -0.3 is 15.5 Å². The van der Waals surface area contributed by atoms with Crippen molar-refractivity contribution >= 4 is 5.91 Å². The van der Waals surface area contributed by atoms with E-state index in [1.165, 1.54) is 5.57 Å². The summed E-state index contributed by atoms with van der Waals surface area (Å²) in [6, 6.07) is 3.80. The summed E-state index contributed by atoms with van der Waals surface area (Å²) in [4.78, 5) is 15.0. The second kappa shape index (κ2) is 7.85. The molecular weight excluding hydrogens is 365 g/mol. The number of allylic oxidation sites excluding steroid dienone is 2. The fraction of sp³-hybridized carbons (Fsp3) is 0.542. The Morgan fingerprint density at radius 3 is 2.76 bits per heavy atom. The Hall–Kier alpha value is -2.30. The van der Waals surface area contributed by atoms with Crippen molar-refractivity contribution in [3.63, 3.8) is 0 Å². The first-order valence-electron chi connectivity index (χ1n) is 10.9. The van der Waals surface area contributed by atoms with Gasteiger partial charge >= 0.3 is 0 Å². The summed E-state index contributed by atoms with van der Waals surface area (Å²) in [5, 5.41) is 6.68. The number of nitrogens with zero attached hydrogens (tertiary/aromatic N) is 1. The van der Waals surface area contributed by atoms with Crippen molar-refractivity contribution in [1.82, 2.24) is 15.5 Å². The molecule has 2 N–H and O–H groups in total. The quantitative estimate of drug-likeness (QED) is 0.710. The topological polar surface area (TPSA) is 44.4 Å². The van der Waals surface area contributed by atoms with E-state index in [4.69, 9.17) is 0 Å². The van der Waals surface area contributed by atoms with E-state index in [9.17, 15) is 4.79 Å². The van der Waals surface area contributed by atoms with Crippen LogP contribution in [0.2, 0.25) is 0 Å². The predicted octanol–water partition coefficient (Wildman–Crippen LogP) is 3.70. The van der Waals surface area contributed by atoms with Crippen molar-refractivity contribution < 1.29 is 9.18 Å². The Labute approximate surface area is 173 Å². The first kappa shape index (κ1) is 20.0. The largest absolute Gasteiger partial charge is 0.371 e. The highest BCUT2D eigenvalue weighted by Gasteiger charge is 2.44. The molecule has 0 fully saturated rings. The Kier molecular flexibility index (Phi) is 5.41. The summed E-state index contributed by atoms with van der Waals surface area (Å²) in [6.07, 6.45) is 7.38. The number of carbonyl (C=O) groups excluding carboxylic acids is 1. The SMILES string of the molecule is CC/C=C1/Cc2cc(C)cc(F)c2C12CCNC(=O)C1=C(NCC2)N(C)CCC1. The zero-order valence-corrected chi connectivity index (χ0v) is 17.8. The van der Waals surface area contributed by atoms with Crippen LogP contribution in [-0.2, 0) is 16.6 Å². The Morgan fingerprint density at radius 1 is 1.24 bits per heavy atom. The van der Waals surface area contributed by atoms with E-state index in [2.05, 4.69) is 34.6 Å². The molecule has 1 unspecified atom stereocenters. The van der Waals surface area contributed by atoms with E-state index in [0.29, 0.717) is 6.54 Å². The maximum absolute atomic E-state index is 15.3. The van der Waals surface area contributed by atoms with Crippen LogP contribution < -0.4 is 10.6 Å². The van der Waals surface area contributed by atoms with Gasteiger partial charge in [-0.3, -0.25) is 4.79 Å². The molecule has 1 atom stereocenters. The van der Waals surface area contributed by atoms with E-state index < -0.39 is 0 Å². The second-order valence-corrected chi connectivity index (χ2v) is 8.71. The molecule has 1 aromatic rings. The molecule has 1 amide bonds. The van der Waals surface area contributed by atoms with Crippen molar-refractivity contribution in [3.05, 3.63) is 57.7 Å². The Morgan fingerprint density at radius 2 is 2.00 bits per heavy atom. The van der Waals surface area contributed by atoms with E-state index in [0.717, 1.165) is 79.7 Å². The smallest absolute Gasteiger partial charge is 0.250 e. The van der Waals surface area contributed by atoms with Crippen molar-refractivity contribution in [2.75, 3.05) is 26.7 Å². The minimum Gasteiger partial charge on any atom is -0.371 e. The Balaban J connectivity index is 1.75. The standard InChI is InChI=1S/C24H32FN3O/c1-4-6-18-15-17-13-16(2)14-20(25)21(17)24(18)8-10-26-22-19(7-5-12-28(22)3)23(29)27-11-9-24/h6,13-14,26H,4-5,7-12,15H2,1-3H3,(H,27,29)/b18-6-. The van der Waals surface area contributed by atoms with Gasteiger partial charge in [0.15, 0.2) is 0 Å². The highest BCUT2D eigenvalue weighted by Crippen LogP contribution is 2.49. The maximum atomic E-state index is 15.3. The van der Waals surface area contributed by atoms with Gasteiger partial charge in [-0.05, 0) is 62.6 Å². The molecular formula is C24H32FN3O. The van der Waals surface area contributed by atoms with Crippen LogP contribution in [0.3, 0.4) is 0 Å². The minimum absolute atomic E-state index is 0.0136. The van der Waals surface area contributed by atoms with Gasteiger partial charge in [-0.2, -0.15) is 0 Å². The third kappa shape index (κ3) is 3.45. The molecule has 1 aromatic carbocycles. The van der Waals surface area contributed by atoms with E-state index in [-0.39, 0.29) is 17.1 Å². The molecule has 4 rings (SSSR count). The highest BCUT2D eigenvalue weighted by molar-refractivity contribution is 5.94. The average Bonchev–Trinajstić information content (AvgIpc) is 2.96. The van der Waals surface area contributed by atoms with Gasteiger partial charge in [-0.15, -0.1) is 0 Å². The zero-order valence-electron chi connectivity index (χ0n) is 17.8. The number of benzene rings is 1. The molecule has 1 aliphatic carbocycles. The number of fused-ring (bicyclic) bond motifs is 2. The summed E-state index contributed by atoms with van der Waals surface area (Å²) in [7, 11) is 2.03. The minimum atomic E-state index is -0.352. The fourth-order valence-corrected chi connectivity index (χ4v) is 5.54. The van der Waals surface area contributed by atoms with Crippen LogP contribution in [-0.4, -0.2) is 37.5 Å². The zero-order chi connectivity index (χ0) is 20.6. The lowest BCUT2D eigenvalue weighted by Crippen LogP contribution is -2.43. The number of aryl methyl sites for hydroxylation is 1. The van der Waals surface area contributed by atoms with Crippen molar-refractivity contribution in [1.29, 1.82) is 0 Å². The number of amides is 1. The van der Waals surface area contributed by atoms with Crippen molar-refractivity contribution in [2.45, 2.75) is 57.8 Å². The lowest BCUT2D eigenvalue weighted by atomic mass is 9.72. The van der Waals surface area contributed by atoms with Gasteiger partial charge in [0.2, 0.25) is 0 Å². The molecule has 156 valence electrons. The third-order valence-corrected chi connectivity index (χ3v) is 6.78. The molecule has 0 saturated heterocycles. The van der Waals surface area contributed by atoms with Crippen LogP contribution in [0.4, 0.5) is 4.39 Å². The van der Waals surface area contributed by atoms with Crippen molar-refractivity contribution in [3.8, 4) is 0 Å². The van der Waals surface area contributed by atoms with Gasteiger partial charge in [0.1, 0.15) is 11.6 Å². The second-order valence-electron chi connectivity index (χ2n) is 8.71. The van der Waals surface area contributed by atoms with Gasteiger partial charge in [0.05, 0.1) is 5.57 Å². The molecule has 4 nitrogen and oxygen atoms in total. The van der Waals surface area contributed by atoms with Crippen LogP contribution in [0, 0.1) is 12.7 Å². The number of rotatable bonds is 1. The van der Waals surface area contributed by atoms with E-state index in [1.807, 2.05) is 14.0 Å². The van der Waals surface area contributed by atoms with Crippen LogP contribution in [0.25, 0.3) is 0 Å². The molecule has 2 heterocycles. The molecule has 0 aromatic heterocycles. The summed E-state index contributed by atoms with van der Waals surface area (Å²) in [5.41, 5.74) is 4.74. The van der Waals surface area contributed by atoms with Crippen LogP contribution >= 0.6 is 0 Å². The molecule has 3 aliphatic rings. The van der Waals surface area contributed by atoms with Crippen molar-refractivity contribution in [2.24, 2.45) is 0 Å². The molecule has 29 heavy (non-hydrogen) atoms. The maximum Gasteiger partial charge on any atom is 0.250 e. The Bertz CT molecular complexity index is 888. The summed E-state index contributed by atoms with van der Waals surface area (Å²) in [6.45, 7) is 6.33. The molecule has 5 heteroatoms. The average molecular weight is 398 g/mol. The molecule has 1 spiro atoms. The monoisotopic (exact) mass is 397 g/mol.